The lowest BCUT2D eigenvalue weighted by atomic mass is 10.1. The lowest BCUT2D eigenvalue weighted by Crippen LogP contribution is -2.29. The van der Waals surface area contributed by atoms with Crippen molar-refractivity contribution in [1.29, 1.82) is 0 Å². The van der Waals surface area contributed by atoms with Crippen molar-refractivity contribution in [2.75, 3.05) is 13.1 Å². The van der Waals surface area contributed by atoms with Crippen LogP contribution in [0.4, 0.5) is 0 Å². The summed E-state index contributed by atoms with van der Waals surface area (Å²) < 4.78 is 2.09. The zero-order valence-corrected chi connectivity index (χ0v) is 14.8. The Morgan fingerprint density at radius 1 is 1.32 bits per heavy atom. The van der Waals surface area contributed by atoms with Gasteiger partial charge in [-0.15, -0.1) is 0 Å². The number of aromatic nitrogens is 3. The quantitative estimate of drug-likeness (QED) is 0.794. The van der Waals surface area contributed by atoms with Crippen LogP contribution in [0.5, 0.6) is 0 Å². The molecule has 1 aliphatic rings. The second kappa shape index (κ2) is 6.39. The van der Waals surface area contributed by atoms with Gasteiger partial charge in [-0.05, 0) is 44.4 Å². The summed E-state index contributed by atoms with van der Waals surface area (Å²) >= 11 is 0. The molecule has 1 N–H and O–H groups in total. The van der Waals surface area contributed by atoms with E-state index in [1.807, 2.05) is 30.2 Å². The number of hydrogen-bond donors (Lipinski definition) is 1. The lowest BCUT2D eigenvalue weighted by Gasteiger charge is -2.17. The zero-order valence-electron chi connectivity index (χ0n) is 14.8. The number of carbonyl (C=O) groups is 1. The number of nitrogens with zero attached hydrogens (tertiary/aromatic N) is 3. The van der Waals surface area contributed by atoms with E-state index in [1.165, 1.54) is 16.6 Å². The molecular weight excluding hydrogens is 312 g/mol. The van der Waals surface area contributed by atoms with Gasteiger partial charge in [0.15, 0.2) is 0 Å². The molecule has 0 radical (unpaired) electrons. The second-order valence-electron chi connectivity index (χ2n) is 7.01. The number of benzene rings is 1. The van der Waals surface area contributed by atoms with Crippen molar-refractivity contribution >= 4 is 16.8 Å². The molecule has 0 spiro atoms. The number of aromatic amines is 1. The van der Waals surface area contributed by atoms with E-state index in [2.05, 4.69) is 39.9 Å². The zero-order chi connectivity index (χ0) is 17.4. The summed E-state index contributed by atoms with van der Waals surface area (Å²) in [7, 11) is 0. The average molecular weight is 336 g/mol. The van der Waals surface area contributed by atoms with E-state index in [0.29, 0.717) is 12.5 Å². The van der Waals surface area contributed by atoms with Crippen LogP contribution in [0.2, 0.25) is 0 Å². The molecule has 5 nitrogen and oxygen atoms in total. The van der Waals surface area contributed by atoms with Crippen molar-refractivity contribution in [3.63, 3.8) is 0 Å². The molecule has 1 aliphatic heterocycles. The number of amides is 1. The summed E-state index contributed by atoms with van der Waals surface area (Å²) in [6.07, 6.45) is 4.36. The topological polar surface area (TPSA) is 53.9 Å². The van der Waals surface area contributed by atoms with Gasteiger partial charge in [-0.2, -0.15) is 5.10 Å². The SMILES string of the molecule is Cc1cc(C)n([C@@H]2CCN(C(=O)CCc3c[nH]c4ccccc34)C2)n1. The average Bonchev–Trinajstić information content (AvgIpc) is 3.31. The van der Waals surface area contributed by atoms with E-state index in [0.717, 1.165) is 37.1 Å². The Labute approximate surface area is 147 Å². The van der Waals surface area contributed by atoms with Gasteiger partial charge < -0.3 is 9.88 Å². The Hall–Kier alpha value is -2.56. The van der Waals surface area contributed by atoms with Gasteiger partial charge in [0.1, 0.15) is 0 Å². The molecule has 4 rings (SSSR count). The highest BCUT2D eigenvalue weighted by atomic mass is 16.2. The van der Waals surface area contributed by atoms with Crippen LogP contribution in [0.3, 0.4) is 0 Å². The third-order valence-corrected chi connectivity index (χ3v) is 5.19. The lowest BCUT2D eigenvalue weighted by molar-refractivity contribution is -0.130. The summed E-state index contributed by atoms with van der Waals surface area (Å²) in [5, 5.41) is 5.80. The molecule has 1 fully saturated rings. The van der Waals surface area contributed by atoms with Crippen molar-refractivity contribution in [3.8, 4) is 0 Å². The molecule has 0 unspecified atom stereocenters. The Morgan fingerprint density at radius 3 is 2.96 bits per heavy atom. The Morgan fingerprint density at radius 2 is 2.16 bits per heavy atom. The highest BCUT2D eigenvalue weighted by Crippen LogP contribution is 2.24. The van der Waals surface area contributed by atoms with Crippen molar-refractivity contribution in [3.05, 3.63) is 53.5 Å². The Kier molecular flexibility index (Phi) is 4.07. The maximum absolute atomic E-state index is 12.6. The molecule has 1 amide bonds. The predicted octanol–water partition coefficient (Wildman–Crippen LogP) is 3.39. The van der Waals surface area contributed by atoms with Gasteiger partial charge in [-0.3, -0.25) is 9.48 Å². The number of aryl methyl sites for hydroxylation is 3. The summed E-state index contributed by atoms with van der Waals surface area (Å²) in [6, 6.07) is 10.7. The number of hydrogen-bond acceptors (Lipinski definition) is 2. The fraction of sp³-hybridized carbons (Fsp3) is 0.400. The summed E-state index contributed by atoms with van der Waals surface area (Å²) in [5.74, 6) is 0.245. The van der Waals surface area contributed by atoms with Gasteiger partial charge >= 0.3 is 0 Å². The van der Waals surface area contributed by atoms with E-state index in [9.17, 15) is 4.79 Å². The van der Waals surface area contributed by atoms with E-state index >= 15 is 0 Å². The molecule has 3 aromatic rings. The van der Waals surface area contributed by atoms with Crippen LogP contribution in [0.25, 0.3) is 10.9 Å². The second-order valence-corrected chi connectivity index (χ2v) is 7.01. The van der Waals surface area contributed by atoms with Gasteiger partial charge in [-0.1, -0.05) is 18.2 Å². The van der Waals surface area contributed by atoms with Crippen molar-refractivity contribution in [1.82, 2.24) is 19.7 Å². The molecule has 0 saturated carbocycles. The molecule has 1 aromatic carbocycles. The highest BCUT2D eigenvalue weighted by Gasteiger charge is 2.28. The standard InChI is InChI=1S/C20H24N4O/c1-14-11-15(2)24(22-14)17-9-10-23(13-17)20(25)8-7-16-12-21-19-6-4-3-5-18(16)19/h3-6,11-12,17,21H,7-10,13H2,1-2H3/t17-/m1/s1. The van der Waals surface area contributed by atoms with Crippen LogP contribution < -0.4 is 0 Å². The first-order chi connectivity index (χ1) is 12.1. The van der Waals surface area contributed by atoms with Crippen LogP contribution in [0, 0.1) is 13.8 Å². The minimum absolute atomic E-state index is 0.245. The molecule has 130 valence electrons. The minimum Gasteiger partial charge on any atom is -0.361 e. The Bertz CT molecular complexity index is 907. The molecular formula is C20H24N4O. The van der Waals surface area contributed by atoms with Crippen molar-refractivity contribution in [2.45, 2.75) is 39.2 Å². The number of rotatable bonds is 4. The molecule has 0 aliphatic carbocycles. The molecule has 5 heteroatoms. The Balaban J connectivity index is 1.38. The third kappa shape index (κ3) is 3.06. The normalized spacial score (nSPS) is 17.5. The third-order valence-electron chi connectivity index (χ3n) is 5.19. The largest absolute Gasteiger partial charge is 0.361 e. The molecule has 1 atom stereocenters. The molecule has 1 saturated heterocycles. The molecule has 3 heterocycles. The summed E-state index contributed by atoms with van der Waals surface area (Å²) in [5.41, 5.74) is 4.58. The number of carbonyl (C=O) groups excluding carboxylic acids is 1. The van der Waals surface area contributed by atoms with E-state index in [-0.39, 0.29) is 5.91 Å². The monoisotopic (exact) mass is 336 g/mol. The van der Waals surface area contributed by atoms with Crippen LogP contribution in [-0.4, -0.2) is 38.7 Å². The fourth-order valence-corrected chi connectivity index (χ4v) is 3.92. The van der Waals surface area contributed by atoms with Gasteiger partial charge in [0.25, 0.3) is 0 Å². The van der Waals surface area contributed by atoms with E-state index < -0.39 is 0 Å². The smallest absolute Gasteiger partial charge is 0.222 e. The molecule has 0 bridgehead atoms. The van der Waals surface area contributed by atoms with Crippen molar-refractivity contribution in [2.24, 2.45) is 0 Å². The predicted molar refractivity (Wildman–Crippen MR) is 98.6 cm³/mol. The number of fused-ring (bicyclic) bond motifs is 1. The minimum atomic E-state index is 0.245. The van der Waals surface area contributed by atoms with Crippen LogP contribution >= 0.6 is 0 Å². The first-order valence-electron chi connectivity index (χ1n) is 8.97. The first-order valence-corrected chi connectivity index (χ1v) is 8.97. The van der Waals surface area contributed by atoms with Crippen LogP contribution in [0.1, 0.15) is 35.8 Å². The van der Waals surface area contributed by atoms with Gasteiger partial charge in [0.2, 0.25) is 5.91 Å². The first kappa shape index (κ1) is 15.9. The maximum Gasteiger partial charge on any atom is 0.222 e. The van der Waals surface area contributed by atoms with Gasteiger partial charge in [0, 0.05) is 42.3 Å². The van der Waals surface area contributed by atoms with E-state index in [1.54, 1.807) is 0 Å². The summed E-state index contributed by atoms with van der Waals surface area (Å²) in [6.45, 7) is 5.70. The van der Waals surface area contributed by atoms with Gasteiger partial charge in [-0.25, -0.2) is 0 Å². The number of para-hydroxylation sites is 1. The van der Waals surface area contributed by atoms with Gasteiger partial charge in [0.05, 0.1) is 11.7 Å². The fourth-order valence-electron chi connectivity index (χ4n) is 3.92. The number of H-pyrrole nitrogens is 1. The van der Waals surface area contributed by atoms with Crippen LogP contribution in [0.15, 0.2) is 36.5 Å². The van der Waals surface area contributed by atoms with Crippen LogP contribution in [-0.2, 0) is 11.2 Å². The van der Waals surface area contributed by atoms with E-state index in [4.69, 9.17) is 0 Å². The summed E-state index contributed by atoms with van der Waals surface area (Å²) in [4.78, 5) is 17.9. The number of nitrogens with one attached hydrogen (secondary N) is 1. The molecule has 2 aromatic heterocycles. The maximum atomic E-state index is 12.6. The molecule has 25 heavy (non-hydrogen) atoms. The number of likely N-dealkylation sites (tertiary alicyclic amines) is 1. The van der Waals surface area contributed by atoms with Crippen molar-refractivity contribution < 1.29 is 4.79 Å². The highest BCUT2D eigenvalue weighted by molar-refractivity contribution is 5.84.